The highest BCUT2D eigenvalue weighted by Crippen LogP contribution is 2.30. The van der Waals surface area contributed by atoms with Crippen LogP contribution < -0.4 is 4.90 Å². The smallest absolute Gasteiger partial charge is 0.410 e. The number of ether oxygens (including phenoxy) is 1. The van der Waals surface area contributed by atoms with E-state index in [2.05, 4.69) is 15.1 Å². The molecule has 3 heterocycles. The lowest BCUT2D eigenvalue weighted by molar-refractivity contribution is 0.0199. The van der Waals surface area contributed by atoms with Crippen molar-refractivity contribution >= 4 is 34.4 Å². The monoisotopic (exact) mass is 379 g/mol. The van der Waals surface area contributed by atoms with Crippen molar-refractivity contribution in [2.75, 3.05) is 25.0 Å². The van der Waals surface area contributed by atoms with Gasteiger partial charge in [-0.2, -0.15) is 0 Å². The minimum Gasteiger partial charge on any atom is -0.444 e. The van der Waals surface area contributed by atoms with Crippen molar-refractivity contribution in [3.8, 4) is 0 Å². The molecule has 1 saturated heterocycles. The first-order chi connectivity index (χ1) is 12.2. The van der Waals surface area contributed by atoms with Crippen molar-refractivity contribution in [1.29, 1.82) is 0 Å². The molecule has 0 aromatic carbocycles. The number of hydrogen-bond donors (Lipinski definition) is 0. The zero-order valence-electron chi connectivity index (χ0n) is 16.0. The Morgan fingerprint density at radius 2 is 2.12 bits per heavy atom. The van der Waals surface area contributed by atoms with E-state index in [1.54, 1.807) is 4.90 Å². The number of rotatable bonds is 2. The number of amides is 1. The lowest BCUT2D eigenvalue weighted by Crippen LogP contribution is -2.50. The van der Waals surface area contributed by atoms with E-state index in [1.807, 2.05) is 51.7 Å². The first-order valence-corrected chi connectivity index (χ1v) is 9.23. The van der Waals surface area contributed by atoms with Crippen LogP contribution in [0.25, 0.3) is 10.9 Å². The summed E-state index contributed by atoms with van der Waals surface area (Å²) in [5, 5.41) is 9.78. The molecule has 142 valence electrons. The Morgan fingerprint density at radius 3 is 2.81 bits per heavy atom. The summed E-state index contributed by atoms with van der Waals surface area (Å²) in [5.41, 5.74) is 0.372. The Morgan fingerprint density at radius 1 is 1.38 bits per heavy atom. The summed E-state index contributed by atoms with van der Waals surface area (Å²) in [4.78, 5) is 16.3. The summed E-state index contributed by atoms with van der Waals surface area (Å²) < 4.78 is 7.46. The molecule has 0 radical (unpaired) electrons. The number of carbonyl (C=O) groups is 1. The van der Waals surface area contributed by atoms with Gasteiger partial charge in [-0.1, -0.05) is 11.6 Å². The van der Waals surface area contributed by atoms with Crippen molar-refractivity contribution in [2.45, 2.75) is 45.3 Å². The van der Waals surface area contributed by atoms with Gasteiger partial charge in [0.15, 0.2) is 11.0 Å². The van der Waals surface area contributed by atoms with Crippen LogP contribution in [-0.2, 0) is 11.8 Å². The van der Waals surface area contributed by atoms with Crippen molar-refractivity contribution in [3.63, 3.8) is 0 Å². The molecular weight excluding hydrogens is 354 g/mol. The van der Waals surface area contributed by atoms with E-state index >= 15 is 0 Å². The Bertz CT molecular complexity index is 814. The lowest BCUT2D eigenvalue weighted by Gasteiger charge is -2.38. The van der Waals surface area contributed by atoms with E-state index in [9.17, 15) is 4.79 Å². The van der Waals surface area contributed by atoms with Gasteiger partial charge in [0.2, 0.25) is 0 Å². The SMILES string of the molecule is CN(c1nnc(Cl)c2c1ccn2C)[C@@H]1CCCN(C(=O)OC(C)(C)C)C1. The predicted octanol–water partition coefficient (Wildman–Crippen LogP) is 3.46. The number of likely N-dealkylation sites (tertiary alicyclic amines) is 1. The van der Waals surface area contributed by atoms with Gasteiger partial charge in [-0.25, -0.2) is 4.79 Å². The van der Waals surface area contributed by atoms with Gasteiger partial charge < -0.3 is 19.1 Å². The molecule has 8 heteroatoms. The summed E-state index contributed by atoms with van der Waals surface area (Å²) in [6.07, 6.45) is 3.59. The van der Waals surface area contributed by atoms with Crippen LogP contribution >= 0.6 is 11.6 Å². The van der Waals surface area contributed by atoms with Crippen LogP contribution in [0, 0.1) is 0 Å². The third-order valence-electron chi connectivity index (χ3n) is 4.67. The number of hydrogen-bond acceptors (Lipinski definition) is 5. The highest BCUT2D eigenvalue weighted by molar-refractivity contribution is 6.34. The van der Waals surface area contributed by atoms with Gasteiger partial charge in [-0.3, -0.25) is 0 Å². The normalized spacial score (nSPS) is 18.2. The Labute approximate surface area is 158 Å². The maximum absolute atomic E-state index is 12.4. The van der Waals surface area contributed by atoms with Crippen LogP contribution in [0.4, 0.5) is 10.6 Å². The first-order valence-electron chi connectivity index (χ1n) is 8.85. The largest absolute Gasteiger partial charge is 0.444 e. The van der Waals surface area contributed by atoms with Crippen molar-refractivity contribution < 1.29 is 9.53 Å². The minimum absolute atomic E-state index is 0.148. The highest BCUT2D eigenvalue weighted by Gasteiger charge is 2.30. The summed E-state index contributed by atoms with van der Waals surface area (Å²) >= 11 is 6.21. The fourth-order valence-electron chi connectivity index (χ4n) is 3.36. The van der Waals surface area contributed by atoms with Crippen molar-refractivity contribution in [2.24, 2.45) is 7.05 Å². The molecule has 1 aliphatic rings. The Hall–Kier alpha value is -2.02. The van der Waals surface area contributed by atoms with Crippen LogP contribution in [-0.4, -0.2) is 57.5 Å². The summed E-state index contributed by atoms with van der Waals surface area (Å²) in [5.74, 6) is 0.779. The van der Waals surface area contributed by atoms with Crippen molar-refractivity contribution in [1.82, 2.24) is 19.7 Å². The van der Waals surface area contributed by atoms with Gasteiger partial charge in [0.05, 0.1) is 5.52 Å². The fraction of sp³-hybridized carbons (Fsp3) is 0.611. The van der Waals surface area contributed by atoms with Crippen molar-refractivity contribution in [3.05, 3.63) is 17.4 Å². The number of carbonyl (C=O) groups excluding carboxylic acids is 1. The molecule has 1 aliphatic heterocycles. The standard InChI is InChI=1S/C18H26ClN5O2/c1-18(2,3)26-17(25)24-9-6-7-12(11-24)23(5)16-13-8-10-22(4)14(13)15(19)20-21-16/h8,10,12H,6-7,9,11H2,1-5H3/t12-/m1/s1. The Balaban J connectivity index is 1.81. The molecule has 1 amide bonds. The van der Waals surface area contributed by atoms with Gasteiger partial charge >= 0.3 is 6.09 Å². The molecule has 2 aromatic rings. The van der Waals surface area contributed by atoms with E-state index in [4.69, 9.17) is 16.3 Å². The zero-order valence-corrected chi connectivity index (χ0v) is 16.7. The number of aromatic nitrogens is 3. The molecule has 7 nitrogen and oxygen atoms in total. The molecule has 3 rings (SSSR count). The molecule has 1 fully saturated rings. The van der Waals surface area contributed by atoms with Gasteiger partial charge in [0, 0.05) is 44.8 Å². The molecule has 0 bridgehead atoms. The number of piperidine rings is 1. The summed E-state index contributed by atoms with van der Waals surface area (Å²) in [7, 11) is 3.93. The average molecular weight is 380 g/mol. The second kappa shape index (κ2) is 6.95. The van der Waals surface area contributed by atoms with E-state index in [0.29, 0.717) is 18.2 Å². The van der Waals surface area contributed by atoms with Crippen LogP contribution in [0.3, 0.4) is 0 Å². The molecule has 1 atom stereocenters. The number of anilines is 1. The van der Waals surface area contributed by atoms with Crippen LogP contribution in [0.15, 0.2) is 12.3 Å². The summed E-state index contributed by atoms with van der Waals surface area (Å²) in [6.45, 7) is 6.96. The van der Waals surface area contributed by atoms with Gasteiger partial charge in [0.25, 0.3) is 0 Å². The third-order valence-corrected chi connectivity index (χ3v) is 4.93. The molecule has 0 saturated carbocycles. The third kappa shape index (κ3) is 3.72. The number of fused-ring (bicyclic) bond motifs is 1. The zero-order chi connectivity index (χ0) is 19.1. The summed E-state index contributed by atoms with van der Waals surface area (Å²) in [6, 6.07) is 2.14. The van der Waals surface area contributed by atoms with Crippen LogP contribution in [0.1, 0.15) is 33.6 Å². The van der Waals surface area contributed by atoms with Gasteiger partial charge in [-0.05, 0) is 39.7 Å². The molecule has 0 N–H and O–H groups in total. The average Bonchev–Trinajstić information content (AvgIpc) is 2.96. The van der Waals surface area contributed by atoms with E-state index < -0.39 is 5.60 Å². The lowest BCUT2D eigenvalue weighted by atomic mass is 10.0. The fourth-order valence-corrected chi connectivity index (χ4v) is 3.63. The van der Waals surface area contributed by atoms with E-state index in [0.717, 1.165) is 29.6 Å². The van der Waals surface area contributed by atoms with Gasteiger partial charge in [0.1, 0.15) is 5.60 Å². The number of likely N-dealkylation sites (N-methyl/N-ethyl adjacent to an activating group) is 1. The topological polar surface area (TPSA) is 63.5 Å². The van der Waals surface area contributed by atoms with Gasteiger partial charge in [-0.15, -0.1) is 10.2 Å². The molecule has 2 aromatic heterocycles. The molecule has 0 spiro atoms. The second-order valence-electron chi connectivity index (χ2n) is 7.84. The highest BCUT2D eigenvalue weighted by atomic mass is 35.5. The minimum atomic E-state index is -0.492. The van der Waals surface area contributed by atoms with E-state index in [-0.39, 0.29) is 12.1 Å². The maximum Gasteiger partial charge on any atom is 0.410 e. The number of nitrogens with zero attached hydrogens (tertiary/aromatic N) is 5. The maximum atomic E-state index is 12.4. The number of halogens is 1. The van der Waals surface area contributed by atoms with E-state index in [1.165, 1.54) is 0 Å². The quantitative estimate of drug-likeness (QED) is 0.799. The number of aryl methyl sites for hydroxylation is 1. The van der Waals surface area contributed by atoms with Crippen LogP contribution in [0.2, 0.25) is 5.15 Å². The Kier molecular flexibility index (Phi) is 5.01. The molecule has 0 aliphatic carbocycles. The molecule has 26 heavy (non-hydrogen) atoms. The second-order valence-corrected chi connectivity index (χ2v) is 8.19. The van der Waals surface area contributed by atoms with Crippen LogP contribution in [0.5, 0.6) is 0 Å². The molecule has 0 unspecified atom stereocenters. The first kappa shape index (κ1) is 18.8. The predicted molar refractivity (Wildman–Crippen MR) is 103 cm³/mol. The molecular formula is C18H26ClN5O2.